The van der Waals surface area contributed by atoms with Crippen molar-refractivity contribution in [3.8, 4) is 0 Å². The van der Waals surface area contributed by atoms with Crippen molar-refractivity contribution in [3.63, 3.8) is 0 Å². The van der Waals surface area contributed by atoms with Gasteiger partial charge >= 0.3 is 0 Å². The second kappa shape index (κ2) is 4.27. The fourth-order valence-electron chi connectivity index (χ4n) is 1.93. The monoisotopic (exact) mass is 172 g/mol. The van der Waals surface area contributed by atoms with E-state index in [2.05, 4.69) is 36.4 Å². The standard InChI is InChI=1S/C13H16/c1-2-5-9-12(8-4-1)13-10-6-3-7-11-13/h3,6-8,10-11H,1-2,4-5,9H2. The minimum absolute atomic E-state index is 1.27. The average molecular weight is 172 g/mol. The number of hydrogen-bond donors (Lipinski definition) is 0. The third-order valence-electron chi connectivity index (χ3n) is 2.69. The lowest BCUT2D eigenvalue weighted by atomic mass is 10.0. The van der Waals surface area contributed by atoms with Crippen LogP contribution in [-0.2, 0) is 0 Å². The van der Waals surface area contributed by atoms with Crippen molar-refractivity contribution in [1.82, 2.24) is 0 Å². The average Bonchev–Trinajstić information content (AvgIpc) is 2.47. The van der Waals surface area contributed by atoms with E-state index in [1.165, 1.54) is 37.7 Å². The summed E-state index contributed by atoms with van der Waals surface area (Å²) in [6.07, 6.45) is 9.08. The van der Waals surface area contributed by atoms with Gasteiger partial charge in [-0.1, -0.05) is 42.8 Å². The Bertz CT molecular complexity index is 282. The van der Waals surface area contributed by atoms with E-state index in [0.717, 1.165) is 0 Å². The van der Waals surface area contributed by atoms with E-state index in [4.69, 9.17) is 0 Å². The van der Waals surface area contributed by atoms with Crippen LogP contribution in [0.25, 0.3) is 5.57 Å². The van der Waals surface area contributed by atoms with Gasteiger partial charge in [0.1, 0.15) is 0 Å². The maximum Gasteiger partial charge on any atom is -0.0228 e. The molecule has 1 aliphatic carbocycles. The van der Waals surface area contributed by atoms with Crippen molar-refractivity contribution in [2.24, 2.45) is 0 Å². The molecule has 0 heteroatoms. The molecule has 1 aromatic rings. The van der Waals surface area contributed by atoms with Crippen LogP contribution < -0.4 is 0 Å². The van der Waals surface area contributed by atoms with Crippen LogP contribution in [0.3, 0.4) is 0 Å². The molecule has 13 heavy (non-hydrogen) atoms. The summed E-state index contributed by atoms with van der Waals surface area (Å²) in [4.78, 5) is 0. The van der Waals surface area contributed by atoms with Gasteiger partial charge in [0.15, 0.2) is 0 Å². The van der Waals surface area contributed by atoms with Crippen molar-refractivity contribution in [1.29, 1.82) is 0 Å². The molecule has 0 spiro atoms. The van der Waals surface area contributed by atoms with Crippen molar-refractivity contribution in [3.05, 3.63) is 42.0 Å². The number of allylic oxidation sites excluding steroid dienone is 2. The topological polar surface area (TPSA) is 0 Å². The molecule has 0 nitrogen and oxygen atoms in total. The molecule has 0 aromatic heterocycles. The molecule has 0 saturated heterocycles. The highest BCUT2D eigenvalue weighted by Gasteiger charge is 2.03. The predicted octanol–water partition coefficient (Wildman–Crippen LogP) is 4.03. The Balaban J connectivity index is 2.19. The molecular formula is C13H16. The van der Waals surface area contributed by atoms with E-state index in [9.17, 15) is 0 Å². The lowest BCUT2D eigenvalue weighted by Gasteiger charge is -2.04. The summed E-state index contributed by atoms with van der Waals surface area (Å²) in [6, 6.07) is 10.8. The Labute approximate surface area is 80.3 Å². The summed E-state index contributed by atoms with van der Waals surface area (Å²) >= 11 is 0. The maximum atomic E-state index is 2.42. The highest BCUT2D eigenvalue weighted by Crippen LogP contribution is 2.25. The summed E-state index contributed by atoms with van der Waals surface area (Å²) in [6.45, 7) is 0. The highest BCUT2D eigenvalue weighted by molar-refractivity contribution is 5.65. The summed E-state index contributed by atoms with van der Waals surface area (Å²) in [7, 11) is 0. The van der Waals surface area contributed by atoms with E-state index >= 15 is 0 Å². The summed E-state index contributed by atoms with van der Waals surface area (Å²) in [5.74, 6) is 0. The Morgan fingerprint density at radius 3 is 2.54 bits per heavy atom. The van der Waals surface area contributed by atoms with E-state index < -0.39 is 0 Å². The second-order valence-corrected chi connectivity index (χ2v) is 3.69. The van der Waals surface area contributed by atoms with Gasteiger partial charge in [-0.15, -0.1) is 0 Å². The molecule has 0 amide bonds. The van der Waals surface area contributed by atoms with Gasteiger partial charge in [-0.05, 0) is 36.8 Å². The Morgan fingerprint density at radius 1 is 0.846 bits per heavy atom. The van der Waals surface area contributed by atoms with Gasteiger partial charge in [0.2, 0.25) is 0 Å². The molecule has 0 saturated carbocycles. The first kappa shape index (κ1) is 8.55. The molecule has 2 rings (SSSR count). The van der Waals surface area contributed by atoms with Crippen LogP contribution in [0, 0.1) is 0 Å². The number of rotatable bonds is 1. The third-order valence-corrected chi connectivity index (χ3v) is 2.69. The zero-order valence-corrected chi connectivity index (χ0v) is 8.00. The summed E-state index contributed by atoms with van der Waals surface area (Å²) in [5.41, 5.74) is 2.97. The van der Waals surface area contributed by atoms with Gasteiger partial charge in [0, 0.05) is 0 Å². The Kier molecular flexibility index (Phi) is 2.81. The molecule has 1 aromatic carbocycles. The first-order valence-corrected chi connectivity index (χ1v) is 5.21. The molecule has 68 valence electrons. The van der Waals surface area contributed by atoms with E-state index in [1.54, 1.807) is 5.57 Å². The van der Waals surface area contributed by atoms with Crippen molar-refractivity contribution < 1.29 is 0 Å². The molecule has 0 heterocycles. The number of hydrogen-bond acceptors (Lipinski definition) is 0. The van der Waals surface area contributed by atoms with Crippen LogP contribution in [-0.4, -0.2) is 0 Å². The minimum atomic E-state index is 1.27. The molecule has 0 unspecified atom stereocenters. The Hall–Kier alpha value is -1.04. The molecular weight excluding hydrogens is 156 g/mol. The van der Waals surface area contributed by atoms with Crippen molar-refractivity contribution in [2.45, 2.75) is 32.1 Å². The van der Waals surface area contributed by atoms with Crippen LogP contribution in [0.5, 0.6) is 0 Å². The molecule has 0 atom stereocenters. The van der Waals surface area contributed by atoms with Crippen molar-refractivity contribution >= 4 is 5.57 Å². The highest BCUT2D eigenvalue weighted by atomic mass is 14.1. The van der Waals surface area contributed by atoms with E-state index in [-0.39, 0.29) is 0 Å². The first-order valence-electron chi connectivity index (χ1n) is 5.21. The van der Waals surface area contributed by atoms with Gasteiger partial charge in [-0.2, -0.15) is 0 Å². The first-order chi connectivity index (χ1) is 6.47. The zero-order valence-electron chi connectivity index (χ0n) is 8.00. The number of benzene rings is 1. The molecule has 1 aliphatic rings. The van der Waals surface area contributed by atoms with Crippen LogP contribution in [0.15, 0.2) is 36.4 Å². The van der Waals surface area contributed by atoms with Crippen LogP contribution >= 0.6 is 0 Å². The largest absolute Gasteiger partial charge is 0.0807 e. The Morgan fingerprint density at radius 2 is 1.69 bits per heavy atom. The van der Waals surface area contributed by atoms with Crippen molar-refractivity contribution in [2.75, 3.05) is 0 Å². The minimum Gasteiger partial charge on any atom is -0.0807 e. The van der Waals surface area contributed by atoms with Gasteiger partial charge in [0.05, 0.1) is 0 Å². The zero-order chi connectivity index (χ0) is 8.93. The quantitative estimate of drug-likeness (QED) is 0.600. The smallest absolute Gasteiger partial charge is 0.0228 e. The predicted molar refractivity (Wildman–Crippen MR) is 57.5 cm³/mol. The second-order valence-electron chi connectivity index (χ2n) is 3.69. The SMILES string of the molecule is C1=C(c2ccccc2)CCCCC1. The van der Waals surface area contributed by atoms with E-state index in [1.807, 2.05) is 0 Å². The lowest BCUT2D eigenvalue weighted by molar-refractivity contribution is 0.720. The van der Waals surface area contributed by atoms with Crippen LogP contribution in [0.4, 0.5) is 0 Å². The molecule has 0 aliphatic heterocycles. The lowest BCUT2D eigenvalue weighted by Crippen LogP contribution is -1.82. The van der Waals surface area contributed by atoms with Crippen LogP contribution in [0.1, 0.15) is 37.7 Å². The maximum absolute atomic E-state index is 2.42. The van der Waals surface area contributed by atoms with Gasteiger partial charge in [-0.3, -0.25) is 0 Å². The molecule has 0 bridgehead atoms. The van der Waals surface area contributed by atoms with Gasteiger partial charge in [0.25, 0.3) is 0 Å². The fourth-order valence-corrected chi connectivity index (χ4v) is 1.93. The normalized spacial score (nSPS) is 17.7. The summed E-state index contributed by atoms with van der Waals surface area (Å²) in [5, 5.41) is 0. The molecule has 0 radical (unpaired) electrons. The molecule has 0 N–H and O–H groups in total. The van der Waals surface area contributed by atoms with Crippen LogP contribution in [0.2, 0.25) is 0 Å². The van der Waals surface area contributed by atoms with E-state index in [0.29, 0.717) is 0 Å². The fraction of sp³-hybridized carbons (Fsp3) is 0.385. The third kappa shape index (κ3) is 2.21. The van der Waals surface area contributed by atoms with Gasteiger partial charge in [-0.25, -0.2) is 0 Å². The molecule has 0 fully saturated rings. The van der Waals surface area contributed by atoms with Gasteiger partial charge < -0.3 is 0 Å². The summed E-state index contributed by atoms with van der Waals surface area (Å²) < 4.78 is 0.